The fourth-order valence-corrected chi connectivity index (χ4v) is 6.52. The molecule has 8 nitrogen and oxygen atoms in total. The van der Waals surface area contributed by atoms with Crippen LogP contribution in [0, 0.1) is 6.92 Å². The molecule has 1 atom stereocenters. The third kappa shape index (κ3) is 4.46. The molecule has 1 amide bonds. The molecule has 3 aromatic rings. The highest BCUT2D eigenvalue weighted by atomic mass is 32.2. The highest BCUT2D eigenvalue weighted by Gasteiger charge is 2.32. The number of carbonyl (C=O) groups excluding carboxylic acids is 1. The van der Waals surface area contributed by atoms with Gasteiger partial charge in [0.25, 0.3) is 5.91 Å². The van der Waals surface area contributed by atoms with E-state index in [2.05, 4.69) is 16.5 Å². The van der Waals surface area contributed by atoms with Crippen LogP contribution in [0.15, 0.2) is 40.5 Å². The van der Waals surface area contributed by atoms with Crippen molar-refractivity contribution in [2.75, 3.05) is 18.1 Å². The lowest BCUT2D eigenvalue weighted by Crippen LogP contribution is -2.25. The molecule has 1 fully saturated rings. The van der Waals surface area contributed by atoms with Crippen LogP contribution in [0.3, 0.4) is 0 Å². The third-order valence-corrected chi connectivity index (χ3v) is 8.28. The number of nitrogens with one attached hydrogen (secondary N) is 1. The van der Waals surface area contributed by atoms with Crippen LogP contribution in [-0.2, 0) is 9.84 Å². The minimum atomic E-state index is -3.10. The molecular weight excluding hydrogens is 440 g/mol. The topological polar surface area (TPSA) is 107 Å². The predicted molar refractivity (Wildman–Crippen MR) is 126 cm³/mol. The molecule has 0 spiro atoms. The van der Waals surface area contributed by atoms with Gasteiger partial charge >= 0.3 is 0 Å². The number of rotatable bonds is 6. The highest BCUT2D eigenvalue weighted by Crippen LogP contribution is 2.32. The summed E-state index contributed by atoms with van der Waals surface area (Å²) in [7, 11) is -3.10. The van der Waals surface area contributed by atoms with Crippen LogP contribution in [-0.4, -0.2) is 47.1 Å². The number of hydrogen-bond acceptors (Lipinski definition) is 6. The van der Waals surface area contributed by atoms with Gasteiger partial charge < -0.3 is 9.73 Å². The van der Waals surface area contributed by atoms with Crippen LogP contribution in [0.5, 0.6) is 0 Å². The van der Waals surface area contributed by atoms with Gasteiger partial charge in [0.1, 0.15) is 5.69 Å². The summed E-state index contributed by atoms with van der Waals surface area (Å²) in [5.41, 5.74) is 3.59. The molecule has 1 aliphatic carbocycles. The van der Waals surface area contributed by atoms with Gasteiger partial charge in [-0.05, 0) is 63.6 Å². The maximum absolute atomic E-state index is 13.3. The van der Waals surface area contributed by atoms with E-state index < -0.39 is 9.84 Å². The number of allylic oxidation sites excluding steroid dienone is 1. The second kappa shape index (κ2) is 8.78. The Morgan fingerprint density at radius 3 is 2.91 bits per heavy atom. The average Bonchev–Trinajstić information content (AvgIpc) is 3.53. The van der Waals surface area contributed by atoms with E-state index in [0.717, 1.165) is 19.3 Å². The molecule has 9 heteroatoms. The van der Waals surface area contributed by atoms with Crippen molar-refractivity contribution in [2.24, 2.45) is 0 Å². The van der Waals surface area contributed by atoms with E-state index in [1.165, 1.54) is 18.4 Å². The quantitative estimate of drug-likeness (QED) is 0.549. The standard InChI is InChI=1S/C24H28N4O4S/c1-16-22-19(24(29)25-11-9-17-6-3-2-4-7-17)14-20(21-8-5-12-32-21)26-23(22)28(27-16)18-10-13-33(30,31)15-18/h5-6,8,12,14,18H,2-4,7,9-11,13,15H2,1H3,(H,25,29). The van der Waals surface area contributed by atoms with Crippen molar-refractivity contribution in [1.29, 1.82) is 0 Å². The van der Waals surface area contributed by atoms with Gasteiger partial charge in [0.15, 0.2) is 21.2 Å². The van der Waals surface area contributed by atoms with Crippen molar-refractivity contribution in [3.8, 4) is 11.5 Å². The monoisotopic (exact) mass is 468 g/mol. The summed E-state index contributed by atoms with van der Waals surface area (Å²) in [6.45, 7) is 2.40. The molecule has 0 saturated carbocycles. The number of hydrogen-bond donors (Lipinski definition) is 1. The molecule has 1 aliphatic heterocycles. The Hall–Kier alpha value is -2.94. The van der Waals surface area contributed by atoms with Gasteiger partial charge in [0.2, 0.25) is 0 Å². The molecule has 1 N–H and O–H groups in total. The van der Waals surface area contributed by atoms with Gasteiger partial charge in [0, 0.05) is 6.54 Å². The van der Waals surface area contributed by atoms with E-state index >= 15 is 0 Å². The van der Waals surface area contributed by atoms with E-state index in [1.807, 2.05) is 6.92 Å². The number of nitrogens with zero attached hydrogens (tertiary/aromatic N) is 3. The first kappa shape index (κ1) is 21.9. The van der Waals surface area contributed by atoms with Crippen molar-refractivity contribution in [2.45, 2.75) is 51.5 Å². The number of pyridine rings is 1. The van der Waals surface area contributed by atoms with E-state index in [0.29, 0.717) is 46.7 Å². The van der Waals surface area contributed by atoms with Gasteiger partial charge in [0.05, 0.1) is 40.5 Å². The zero-order valence-electron chi connectivity index (χ0n) is 18.7. The van der Waals surface area contributed by atoms with Crippen LogP contribution in [0.25, 0.3) is 22.5 Å². The van der Waals surface area contributed by atoms with Crippen molar-refractivity contribution in [1.82, 2.24) is 20.1 Å². The van der Waals surface area contributed by atoms with Crippen LogP contribution in [0.1, 0.15) is 60.6 Å². The minimum Gasteiger partial charge on any atom is -0.463 e. The van der Waals surface area contributed by atoms with Gasteiger partial charge in [-0.1, -0.05) is 11.6 Å². The molecule has 1 unspecified atom stereocenters. The van der Waals surface area contributed by atoms with Crippen LogP contribution >= 0.6 is 0 Å². The number of furan rings is 1. The van der Waals surface area contributed by atoms with Gasteiger partial charge in [-0.3, -0.25) is 4.79 Å². The number of amides is 1. The summed E-state index contributed by atoms with van der Waals surface area (Å²) >= 11 is 0. The zero-order chi connectivity index (χ0) is 23.0. The second-order valence-electron chi connectivity index (χ2n) is 8.93. The van der Waals surface area contributed by atoms with Crippen LogP contribution in [0.4, 0.5) is 0 Å². The molecule has 3 aromatic heterocycles. The maximum Gasteiger partial charge on any atom is 0.252 e. The Morgan fingerprint density at radius 1 is 1.33 bits per heavy atom. The van der Waals surface area contributed by atoms with E-state index in [4.69, 9.17) is 9.40 Å². The van der Waals surface area contributed by atoms with Gasteiger partial charge in [-0.15, -0.1) is 0 Å². The summed E-state index contributed by atoms with van der Waals surface area (Å²) in [5, 5.41) is 8.34. The van der Waals surface area contributed by atoms with Crippen molar-refractivity contribution >= 4 is 26.8 Å². The number of sulfone groups is 1. The van der Waals surface area contributed by atoms with E-state index in [1.54, 1.807) is 29.1 Å². The molecule has 5 rings (SSSR count). The first-order valence-electron chi connectivity index (χ1n) is 11.5. The molecule has 174 valence electrons. The summed E-state index contributed by atoms with van der Waals surface area (Å²) in [6.07, 6.45) is 9.87. The highest BCUT2D eigenvalue weighted by molar-refractivity contribution is 7.91. The number of aryl methyl sites for hydroxylation is 1. The Labute approximate surface area is 193 Å². The first-order chi connectivity index (χ1) is 15.9. The predicted octanol–water partition coefficient (Wildman–Crippen LogP) is 3.98. The summed E-state index contributed by atoms with van der Waals surface area (Å²) in [6, 6.07) is 5.00. The Kier molecular flexibility index (Phi) is 5.82. The van der Waals surface area contributed by atoms with Crippen molar-refractivity contribution in [3.05, 3.63) is 47.4 Å². The molecule has 0 bridgehead atoms. The lowest BCUT2D eigenvalue weighted by Gasteiger charge is -2.14. The molecule has 1 saturated heterocycles. The molecule has 0 aromatic carbocycles. The molecule has 4 heterocycles. The lowest BCUT2D eigenvalue weighted by atomic mass is 9.97. The fraction of sp³-hybridized carbons (Fsp3) is 0.458. The molecule has 0 radical (unpaired) electrons. The van der Waals surface area contributed by atoms with Crippen LogP contribution < -0.4 is 5.32 Å². The summed E-state index contributed by atoms with van der Waals surface area (Å²) in [4.78, 5) is 18.0. The van der Waals surface area contributed by atoms with Gasteiger partial charge in [-0.25, -0.2) is 18.1 Å². The smallest absolute Gasteiger partial charge is 0.252 e. The SMILES string of the molecule is Cc1nn(C2CCS(=O)(=O)C2)c2nc(-c3ccco3)cc(C(=O)NCCC3=CCCCC3)c12. The molecule has 33 heavy (non-hydrogen) atoms. The maximum atomic E-state index is 13.3. The third-order valence-electron chi connectivity index (χ3n) is 6.53. The van der Waals surface area contributed by atoms with Gasteiger partial charge in [-0.2, -0.15) is 5.10 Å². The number of carbonyl (C=O) groups is 1. The lowest BCUT2D eigenvalue weighted by molar-refractivity contribution is 0.0955. The second-order valence-corrected chi connectivity index (χ2v) is 11.2. The van der Waals surface area contributed by atoms with E-state index in [9.17, 15) is 13.2 Å². The van der Waals surface area contributed by atoms with Crippen molar-refractivity contribution in [3.63, 3.8) is 0 Å². The minimum absolute atomic E-state index is 0.0342. The van der Waals surface area contributed by atoms with E-state index in [-0.39, 0.29) is 23.5 Å². The number of fused-ring (bicyclic) bond motifs is 1. The molecule has 2 aliphatic rings. The average molecular weight is 469 g/mol. The normalized spacial score (nSPS) is 20.2. The summed E-state index contributed by atoms with van der Waals surface area (Å²) in [5.74, 6) is 0.530. The zero-order valence-corrected chi connectivity index (χ0v) is 19.5. The Morgan fingerprint density at radius 2 is 2.21 bits per heavy atom. The molecular formula is C24H28N4O4S. The number of aromatic nitrogens is 3. The van der Waals surface area contributed by atoms with Crippen LogP contribution in [0.2, 0.25) is 0 Å². The van der Waals surface area contributed by atoms with Crippen molar-refractivity contribution < 1.29 is 17.6 Å². The Balaban J connectivity index is 1.51. The fourth-order valence-electron chi connectivity index (χ4n) is 4.83. The largest absolute Gasteiger partial charge is 0.463 e. The Bertz CT molecular complexity index is 1320. The summed E-state index contributed by atoms with van der Waals surface area (Å²) < 4.78 is 31.4. The first-order valence-corrected chi connectivity index (χ1v) is 13.3.